The van der Waals surface area contributed by atoms with Crippen molar-refractivity contribution in [2.75, 3.05) is 5.73 Å². The number of nitrogens with zero attached hydrogens (tertiary/aromatic N) is 2. The third kappa shape index (κ3) is 3.15. The molecule has 1 aromatic heterocycles. The van der Waals surface area contributed by atoms with Crippen molar-refractivity contribution in [3.8, 4) is 6.07 Å². The number of carbonyl (C=O) groups excluding carboxylic acids is 1. The van der Waals surface area contributed by atoms with Gasteiger partial charge in [0.2, 0.25) is 0 Å². The molecule has 0 fully saturated rings. The number of nitriles is 1. The molecule has 2 aromatic rings. The van der Waals surface area contributed by atoms with Gasteiger partial charge in [-0.1, -0.05) is 6.07 Å². The summed E-state index contributed by atoms with van der Waals surface area (Å²) in [6.07, 6.45) is 1.47. The summed E-state index contributed by atoms with van der Waals surface area (Å²) in [7, 11) is 0. The number of ether oxygens (including phenoxy) is 1. The van der Waals surface area contributed by atoms with Gasteiger partial charge in [-0.15, -0.1) is 0 Å². The first-order valence-corrected chi connectivity index (χ1v) is 6.09. The number of nitrogens with two attached hydrogens (primary N) is 1. The molecular weight excluding hydrogens is 273 g/mol. The number of halogens is 1. The van der Waals surface area contributed by atoms with E-state index < -0.39 is 11.8 Å². The van der Waals surface area contributed by atoms with Crippen molar-refractivity contribution in [2.45, 2.75) is 13.5 Å². The van der Waals surface area contributed by atoms with Crippen LogP contribution in [0.5, 0.6) is 0 Å². The van der Waals surface area contributed by atoms with Crippen molar-refractivity contribution in [2.24, 2.45) is 0 Å². The molecule has 0 amide bonds. The zero-order valence-corrected chi connectivity index (χ0v) is 11.3. The number of rotatable bonds is 3. The molecule has 5 nitrogen and oxygen atoms in total. The molecule has 0 spiro atoms. The van der Waals surface area contributed by atoms with E-state index in [0.29, 0.717) is 5.56 Å². The standard InChI is InChI=1S/C15H12FN3O2/c1-9-12(16)5-11(6-13(9)18)15(20)21-8-10-3-2-4-19-14(10)7-17/h2-6H,8,18H2,1H3. The SMILES string of the molecule is Cc1c(N)cc(C(=O)OCc2cccnc2C#N)cc1F. The van der Waals surface area contributed by atoms with Gasteiger partial charge >= 0.3 is 5.97 Å². The minimum Gasteiger partial charge on any atom is -0.457 e. The number of aromatic nitrogens is 1. The highest BCUT2D eigenvalue weighted by molar-refractivity contribution is 5.90. The normalized spacial score (nSPS) is 9.95. The molecule has 0 saturated carbocycles. The minimum absolute atomic E-state index is 0.0259. The van der Waals surface area contributed by atoms with Crippen LogP contribution < -0.4 is 5.73 Å². The Balaban J connectivity index is 2.14. The van der Waals surface area contributed by atoms with Crippen molar-refractivity contribution < 1.29 is 13.9 Å². The van der Waals surface area contributed by atoms with Gasteiger partial charge in [-0.2, -0.15) is 5.26 Å². The maximum absolute atomic E-state index is 13.5. The van der Waals surface area contributed by atoms with Crippen molar-refractivity contribution in [1.29, 1.82) is 5.26 Å². The molecule has 21 heavy (non-hydrogen) atoms. The van der Waals surface area contributed by atoms with E-state index in [1.807, 2.05) is 6.07 Å². The van der Waals surface area contributed by atoms with E-state index in [4.69, 9.17) is 15.7 Å². The summed E-state index contributed by atoms with van der Waals surface area (Å²) in [5, 5.41) is 8.88. The number of benzene rings is 1. The quantitative estimate of drug-likeness (QED) is 0.690. The Morgan fingerprint density at radius 3 is 2.95 bits per heavy atom. The fraction of sp³-hybridized carbons (Fsp3) is 0.133. The van der Waals surface area contributed by atoms with Crippen molar-refractivity contribution >= 4 is 11.7 Å². The average Bonchev–Trinajstić information content (AvgIpc) is 2.49. The lowest BCUT2D eigenvalue weighted by Gasteiger charge is -2.08. The first-order chi connectivity index (χ1) is 10.0. The van der Waals surface area contributed by atoms with Gasteiger partial charge in [-0.05, 0) is 25.1 Å². The Morgan fingerprint density at radius 1 is 1.52 bits per heavy atom. The summed E-state index contributed by atoms with van der Waals surface area (Å²) in [6.45, 7) is 1.40. The molecular formula is C15H12FN3O2. The fourth-order valence-electron chi connectivity index (χ4n) is 1.70. The smallest absolute Gasteiger partial charge is 0.338 e. The fourth-order valence-corrected chi connectivity index (χ4v) is 1.70. The third-order valence-corrected chi connectivity index (χ3v) is 2.98. The second-order valence-corrected chi connectivity index (χ2v) is 4.37. The molecule has 0 radical (unpaired) electrons. The number of esters is 1. The Labute approximate surface area is 120 Å². The third-order valence-electron chi connectivity index (χ3n) is 2.98. The van der Waals surface area contributed by atoms with Gasteiger partial charge in [0.15, 0.2) is 0 Å². The molecule has 1 aromatic carbocycles. The second-order valence-electron chi connectivity index (χ2n) is 4.37. The van der Waals surface area contributed by atoms with Gasteiger partial charge in [0.25, 0.3) is 0 Å². The van der Waals surface area contributed by atoms with Crippen LogP contribution in [0.1, 0.15) is 27.2 Å². The summed E-state index contributed by atoms with van der Waals surface area (Å²) < 4.78 is 18.6. The topological polar surface area (TPSA) is 89.0 Å². The van der Waals surface area contributed by atoms with Crippen LogP contribution in [0, 0.1) is 24.1 Å². The molecule has 0 bridgehead atoms. The zero-order chi connectivity index (χ0) is 15.4. The lowest BCUT2D eigenvalue weighted by atomic mass is 10.1. The number of carbonyl (C=O) groups is 1. The first-order valence-electron chi connectivity index (χ1n) is 6.09. The van der Waals surface area contributed by atoms with E-state index in [1.165, 1.54) is 19.2 Å². The molecule has 2 rings (SSSR count). The van der Waals surface area contributed by atoms with E-state index in [-0.39, 0.29) is 29.1 Å². The van der Waals surface area contributed by atoms with Crippen molar-refractivity contribution in [3.05, 3.63) is 58.7 Å². The van der Waals surface area contributed by atoms with E-state index in [9.17, 15) is 9.18 Å². The van der Waals surface area contributed by atoms with Gasteiger partial charge in [0.05, 0.1) is 5.56 Å². The molecule has 6 heteroatoms. The Bertz CT molecular complexity index is 715. The van der Waals surface area contributed by atoms with Gasteiger partial charge < -0.3 is 10.5 Å². The summed E-state index contributed by atoms with van der Waals surface area (Å²) in [6, 6.07) is 7.59. The average molecular weight is 285 g/mol. The molecule has 0 atom stereocenters. The Kier molecular flexibility index (Phi) is 4.14. The number of pyridine rings is 1. The monoisotopic (exact) mass is 285 g/mol. The predicted octanol–water partition coefficient (Wildman–Crippen LogP) is 2.34. The van der Waals surface area contributed by atoms with Crippen LogP contribution in [0.4, 0.5) is 10.1 Å². The largest absolute Gasteiger partial charge is 0.457 e. The minimum atomic E-state index is -0.714. The van der Waals surface area contributed by atoms with E-state index in [2.05, 4.69) is 4.98 Å². The summed E-state index contributed by atoms with van der Waals surface area (Å²) in [5.74, 6) is -1.28. The summed E-state index contributed by atoms with van der Waals surface area (Å²) in [5.41, 5.74) is 6.76. The molecule has 106 valence electrons. The first kappa shape index (κ1) is 14.5. The van der Waals surface area contributed by atoms with Crippen LogP contribution in [0.3, 0.4) is 0 Å². The van der Waals surface area contributed by atoms with Crippen LogP contribution in [0.15, 0.2) is 30.5 Å². The van der Waals surface area contributed by atoms with Gasteiger partial charge in [-0.3, -0.25) is 0 Å². The van der Waals surface area contributed by atoms with Crippen molar-refractivity contribution in [3.63, 3.8) is 0 Å². The molecule has 0 aliphatic carbocycles. The number of hydrogen-bond donors (Lipinski definition) is 1. The summed E-state index contributed by atoms with van der Waals surface area (Å²) in [4.78, 5) is 15.7. The van der Waals surface area contributed by atoms with Gasteiger partial charge in [0, 0.05) is 23.0 Å². The summed E-state index contributed by atoms with van der Waals surface area (Å²) >= 11 is 0. The van der Waals surface area contributed by atoms with Gasteiger partial charge in [0.1, 0.15) is 24.2 Å². The molecule has 1 heterocycles. The maximum Gasteiger partial charge on any atom is 0.338 e. The van der Waals surface area contributed by atoms with E-state index in [1.54, 1.807) is 12.1 Å². The van der Waals surface area contributed by atoms with Crippen LogP contribution in [0.2, 0.25) is 0 Å². The van der Waals surface area contributed by atoms with E-state index in [0.717, 1.165) is 6.07 Å². The van der Waals surface area contributed by atoms with Gasteiger partial charge in [-0.25, -0.2) is 14.2 Å². The molecule has 2 N–H and O–H groups in total. The molecule has 0 unspecified atom stereocenters. The van der Waals surface area contributed by atoms with E-state index >= 15 is 0 Å². The second kappa shape index (κ2) is 6.01. The number of hydrogen-bond acceptors (Lipinski definition) is 5. The number of anilines is 1. The highest BCUT2D eigenvalue weighted by Crippen LogP contribution is 2.18. The maximum atomic E-state index is 13.5. The Hall–Kier alpha value is -2.94. The highest BCUT2D eigenvalue weighted by Gasteiger charge is 2.13. The lowest BCUT2D eigenvalue weighted by molar-refractivity contribution is 0.0471. The van der Waals surface area contributed by atoms with Crippen LogP contribution in [-0.2, 0) is 11.3 Å². The molecule has 0 aliphatic rings. The molecule has 0 saturated heterocycles. The van der Waals surface area contributed by atoms with Crippen molar-refractivity contribution in [1.82, 2.24) is 4.98 Å². The lowest BCUT2D eigenvalue weighted by Crippen LogP contribution is -2.08. The Morgan fingerprint density at radius 2 is 2.29 bits per heavy atom. The zero-order valence-electron chi connectivity index (χ0n) is 11.3. The van der Waals surface area contributed by atoms with Crippen LogP contribution in [0.25, 0.3) is 0 Å². The van der Waals surface area contributed by atoms with Crippen LogP contribution >= 0.6 is 0 Å². The number of nitrogen functional groups attached to an aromatic ring is 1. The van der Waals surface area contributed by atoms with Crippen LogP contribution in [-0.4, -0.2) is 11.0 Å². The predicted molar refractivity (Wildman–Crippen MR) is 73.6 cm³/mol. The highest BCUT2D eigenvalue weighted by atomic mass is 19.1. The molecule has 0 aliphatic heterocycles.